The zero-order chi connectivity index (χ0) is 15.8. The maximum atomic E-state index is 12.5. The number of aryl methyl sites for hydroxylation is 1. The molecule has 0 bridgehead atoms. The Morgan fingerprint density at radius 2 is 1.90 bits per heavy atom. The van der Waals surface area contributed by atoms with E-state index in [1.54, 1.807) is 13.0 Å². The normalized spacial score (nSPS) is 26.8. The van der Waals surface area contributed by atoms with Crippen LogP contribution >= 0.6 is 11.6 Å². The second-order valence-corrected chi connectivity index (χ2v) is 8.31. The highest BCUT2D eigenvalue weighted by molar-refractivity contribution is 7.89. The molecule has 4 nitrogen and oxygen atoms in total. The number of benzene rings is 1. The number of halogens is 1. The third kappa shape index (κ3) is 3.71. The van der Waals surface area contributed by atoms with Crippen LogP contribution < -0.4 is 10.5 Å². The van der Waals surface area contributed by atoms with Crippen LogP contribution in [0.25, 0.3) is 0 Å². The Balaban J connectivity index is 2.21. The SMILES string of the molecule is Cc1cc(Cl)c(S(=O)(=O)NC2CCC(C)C(C)C2)cc1N. The van der Waals surface area contributed by atoms with E-state index in [0.29, 0.717) is 17.5 Å². The van der Waals surface area contributed by atoms with Crippen LogP contribution in [-0.2, 0) is 10.0 Å². The molecule has 1 saturated carbocycles. The molecule has 0 amide bonds. The highest BCUT2D eigenvalue weighted by Crippen LogP contribution is 2.31. The molecule has 0 radical (unpaired) electrons. The molecule has 0 aromatic heterocycles. The van der Waals surface area contributed by atoms with E-state index < -0.39 is 10.0 Å². The molecule has 1 aliphatic rings. The van der Waals surface area contributed by atoms with Gasteiger partial charge in [0.2, 0.25) is 10.0 Å². The van der Waals surface area contributed by atoms with Crippen molar-refractivity contribution in [1.82, 2.24) is 4.72 Å². The monoisotopic (exact) mass is 330 g/mol. The summed E-state index contributed by atoms with van der Waals surface area (Å²) in [5.74, 6) is 1.16. The first kappa shape index (κ1) is 16.6. The first-order chi connectivity index (χ1) is 9.70. The molecular formula is C15H23ClN2O2S. The molecule has 6 heteroatoms. The van der Waals surface area contributed by atoms with Crippen LogP contribution in [0.4, 0.5) is 5.69 Å². The van der Waals surface area contributed by atoms with Gasteiger partial charge in [0.25, 0.3) is 0 Å². The van der Waals surface area contributed by atoms with Gasteiger partial charge in [-0.05, 0) is 55.7 Å². The lowest BCUT2D eigenvalue weighted by molar-refractivity contribution is 0.242. The average molecular weight is 331 g/mol. The van der Waals surface area contributed by atoms with E-state index in [1.807, 2.05) is 0 Å². The van der Waals surface area contributed by atoms with Crippen molar-refractivity contribution in [1.29, 1.82) is 0 Å². The van der Waals surface area contributed by atoms with Gasteiger partial charge >= 0.3 is 0 Å². The zero-order valence-electron chi connectivity index (χ0n) is 12.7. The highest BCUT2D eigenvalue weighted by Gasteiger charge is 2.29. The third-order valence-corrected chi connectivity index (χ3v) is 6.52. The molecule has 0 heterocycles. The fraction of sp³-hybridized carbons (Fsp3) is 0.600. The Labute approximate surface area is 132 Å². The minimum absolute atomic E-state index is 0.0280. The van der Waals surface area contributed by atoms with Crippen LogP contribution in [0.5, 0.6) is 0 Å². The van der Waals surface area contributed by atoms with Crippen molar-refractivity contribution in [2.45, 2.75) is 51.0 Å². The zero-order valence-corrected chi connectivity index (χ0v) is 14.3. The van der Waals surface area contributed by atoms with Gasteiger partial charge in [0.05, 0.1) is 5.02 Å². The van der Waals surface area contributed by atoms with E-state index in [2.05, 4.69) is 18.6 Å². The molecule has 1 aromatic rings. The minimum Gasteiger partial charge on any atom is -0.398 e. The summed E-state index contributed by atoms with van der Waals surface area (Å²) in [6.07, 6.45) is 2.77. The van der Waals surface area contributed by atoms with Crippen LogP contribution in [-0.4, -0.2) is 14.5 Å². The smallest absolute Gasteiger partial charge is 0.242 e. The summed E-state index contributed by atoms with van der Waals surface area (Å²) in [6.45, 7) is 6.18. The van der Waals surface area contributed by atoms with Crippen LogP contribution in [0, 0.1) is 18.8 Å². The summed E-state index contributed by atoms with van der Waals surface area (Å²) < 4.78 is 27.8. The van der Waals surface area contributed by atoms with Gasteiger partial charge in [-0.25, -0.2) is 13.1 Å². The Morgan fingerprint density at radius 3 is 2.52 bits per heavy atom. The van der Waals surface area contributed by atoms with Gasteiger partial charge in [-0.1, -0.05) is 25.4 Å². The van der Waals surface area contributed by atoms with Crippen LogP contribution in [0.3, 0.4) is 0 Å². The van der Waals surface area contributed by atoms with Crippen molar-refractivity contribution in [2.24, 2.45) is 11.8 Å². The van der Waals surface area contributed by atoms with Gasteiger partial charge in [0.15, 0.2) is 0 Å². The van der Waals surface area contributed by atoms with Gasteiger partial charge in [-0.3, -0.25) is 0 Å². The van der Waals surface area contributed by atoms with Crippen molar-refractivity contribution in [2.75, 3.05) is 5.73 Å². The Kier molecular flexibility index (Phi) is 4.85. The summed E-state index contributed by atoms with van der Waals surface area (Å²) in [4.78, 5) is 0.0681. The predicted molar refractivity (Wildman–Crippen MR) is 86.9 cm³/mol. The predicted octanol–water partition coefficient (Wildman–Crippen LogP) is 3.33. The molecule has 0 aliphatic heterocycles. The van der Waals surface area contributed by atoms with Crippen molar-refractivity contribution >= 4 is 27.3 Å². The number of nitrogen functional groups attached to an aromatic ring is 1. The van der Waals surface area contributed by atoms with E-state index in [-0.39, 0.29) is 16.0 Å². The summed E-state index contributed by atoms with van der Waals surface area (Å²) in [5, 5.41) is 0.214. The number of nitrogens with one attached hydrogen (secondary N) is 1. The Hall–Kier alpha value is -0.780. The Morgan fingerprint density at radius 1 is 1.24 bits per heavy atom. The fourth-order valence-electron chi connectivity index (χ4n) is 2.81. The van der Waals surface area contributed by atoms with Crippen LogP contribution in [0.2, 0.25) is 5.02 Å². The molecule has 0 spiro atoms. The van der Waals surface area contributed by atoms with Crippen LogP contribution in [0.15, 0.2) is 17.0 Å². The molecule has 0 saturated heterocycles. The van der Waals surface area contributed by atoms with Crippen molar-refractivity contribution in [3.05, 3.63) is 22.7 Å². The van der Waals surface area contributed by atoms with Crippen molar-refractivity contribution < 1.29 is 8.42 Å². The quantitative estimate of drug-likeness (QED) is 0.835. The molecule has 1 aliphatic carbocycles. The van der Waals surface area contributed by atoms with Gasteiger partial charge in [0, 0.05) is 11.7 Å². The van der Waals surface area contributed by atoms with Gasteiger partial charge in [0.1, 0.15) is 4.90 Å². The molecule has 21 heavy (non-hydrogen) atoms. The molecule has 3 N–H and O–H groups in total. The fourth-order valence-corrected chi connectivity index (χ4v) is 4.71. The van der Waals surface area contributed by atoms with E-state index >= 15 is 0 Å². The number of rotatable bonds is 3. The standard InChI is InChI=1S/C15H23ClN2O2S/c1-9-4-5-12(6-10(9)2)18-21(19,20)15-8-14(17)11(3)7-13(15)16/h7-10,12,18H,4-6,17H2,1-3H3. The molecule has 118 valence electrons. The summed E-state index contributed by atoms with van der Waals surface area (Å²) in [6, 6.07) is 3.01. The van der Waals surface area contributed by atoms with E-state index in [1.165, 1.54) is 6.07 Å². The topological polar surface area (TPSA) is 72.2 Å². The third-order valence-electron chi connectivity index (χ3n) is 4.53. The van der Waals surface area contributed by atoms with E-state index in [4.69, 9.17) is 17.3 Å². The molecular weight excluding hydrogens is 308 g/mol. The van der Waals surface area contributed by atoms with Crippen molar-refractivity contribution in [3.8, 4) is 0 Å². The first-order valence-electron chi connectivity index (χ1n) is 7.28. The summed E-state index contributed by atoms with van der Waals surface area (Å²) >= 11 is 6.08. The maximum Gasteiger partial charge on any atom is 0.242 e. The second kappa shape index (κ2) is 6.15. The number of hydrogen-bond donors (Lipinski definition) is 2. The number of hydrogen-bond acceptors (Lipinski definition) is 3. The summed E-state index contributed by atoms with van der Waals surface area (Å²) in [7, 11) is -3.63. The lowest BCUT2D eigenvalue weighted by atomic mass is 9.79. The highest BCUT2D eigenvalue weighted by atomic mass is 35.5. The lowest BCUT2D eigenvalue weighted by Crippen LogP contribution is -2.39. The van der Waals surface area contributed by atoms with Gasteiger partial charge in [-0.2, -0.15) is 0 Å². The molecule has 3 atom stereocenters. The largest absolute Gasteiger partial charge is 0.398 e. The average Bonchev–Trinajstić information content (AvgIpc) is 2.37. The summed E-state index contributed by atoms with van der Waals surface area (Å²) in [5.41, 5.74) is 7.02. The number of anilines is 1. The number of sulfonamides is 1. The molecule has 2 rings (SSSR count). The van der Waals surface area contributed by atoms with Gasteiger partial charge in [-0.15, -0.1) is 0 Å². The minimum atomic E-state index is -3.63. The first-order valence-corrected chi connectivity index (χ1v) is 9.14. The number of nitrogens with two attached hydrogens (primary N) is 1. The molecule has 1 fully saturated rings. The maximum absolute atomic E-state index is 12.5. The van der Waals surface area contributed by atoms with Crippen molar-refractivity contribution in [3.63, 3.8) is 0 Å². The van der Waals surface area contributed by atoms with E-state index in [9.17, 15) is 8.42 Å². The van der Waals surface area contributed by atoms with E-state index in [0.717, 1.165) is 24.8 Å². The van der Waals surface area contributed by atoms with Gasteiger partial charge < -0.3 is 5.73 Å². The van der Waals surface area contributed by atoms with Crippen LogP contribution in [0.1, 0.15) is 38.7 Å². The molecule has 3 unspecified atom stereocenters. The molecule has 1 aromatic carbocycles. The Bertz CT molecular complexity index is 631. The second-order valence-electron chi connectivity index (χ2n) is 6.23. The lowest BCUT2D eigenvalue weighted by Gasteiger charge is -2.32.